The molecule has 61 heavy (non-hydrogen) atoms. The Balaban J connectivity index is 0.873. The number of likely N-dealkylation sites (tertiary alicyclic amines) is 1. The van der Waals surface area contributed by atoms with Gasteiger partial charge in [0.25, 0.3) is 5.91 Å². The van der Waals surface area contributed by atoms with Gasteiger partial charge in [0.2, 0.25) is 11.8 Å². The van der Waals surface area contributed by atoms with E-state index in [1.54, 1.807) is 40.5 Å². The fourth-order valence-corrected chi connectivity index (χ4v) is 8.41. The van der Waals surface area contributed by atoms with Crippen LogP contribution in [0.5, 0.6) is 5.75 Å². The lowest BCUT2D eigenvalue weighted by Crippen LogP contribution is -2.46. The van der Waals surface area contributed by atoms with Crippen molar-refractivity contribution in [2.75, 3.05) is 29.6 Å². The van der Waals surface area contributed by atoms with Gasteiger partial charge in [0.1, 0.15) is 17.3 Å². The highest BCUT2D eigenvalue weighted by Crippen LogP contribution is 2.40. The molecule has 0 bridgehead atoms. The quantitative estimate of drug-likeness (QED) is 0.0820. The van der Waals surface area contributed by atoms with Gasteiger partial charge in [-0.3, -0.25) is 19.3 Å². The first-order valence-electron chi connectivity index (χ1n) is 20.3. The highest BCUT2D eigenvalue weighted by Gasteiger charge is 2.53. The minimum absolute atomic E-state index is 0.0862. The molecule has 2 fully saturated rings. The van der Waals surface area contributed by atoms with Gasteiger partial charge in [-0.2, -0.15) is 18.4 Å². The van der Waals surface area contributed by atoms with Crippen molar-refractivity contribution in [3.63, 3.8) is 0 Å². The van der Waals surface area contributed by atoms with Crippen molar-refractivity contribution in [3.05, 3.63) is 94.6 Å². The molecule has 322 valence electrons. The van der Waals surface area contributed by atoms with Crippen molar-refractivity contribution in [1.29, 1.82) is 5.26 Å². The van der Waals surface area contributed by atoms with Crippen LogP contribution in [-0.2, 0) is 31.8 Å². The second-order valence-electron chi connectivity index (χ2n) is 15.7. The number of nitrogens with one attached hydrogen (secondary N) is 1. The maximum Gasteiger partial charge on any atom is 0.417 e. The van der Waals surface area contributed by atoms with Gasteiger partial charge in [-0.15, -0.1) is 11.3 Å². The summed E-state index contributed by atoms with van der Waals surface area (Å²) in [6.45, 7) is 8.75. The molecule has 2 saturated heterocycles. The molecule has 3 heterocycles. The third kappa shape index (κ3) is 10.4. The predicted octanol–water partition coefficient (Wildman–Crippen LogP) is 8.80. The lowest BCUT2D eigenvalue weighted by molar-refractivity contribution is -0.140. The summed E-state index contributed by atoms with van der Waals surface area (Å²) in [5.41, 5.74) is 1.73. The number of amides is 5. The van der Waals surface area contributed by atoms with Crippen molar-refractivity contribution in [3.8, 4) is 22.3 Å². The first kappa shape index (κ1) is 44.8. The Morgan fingerprint density at radius 2 is 1.69 bits per heavy atom. The molecule has 3 aromatic carbocycles. The van der Waals surface area contributed by atoms with Crippen LogP contribution in [0.2, 0.25) is 0 Å². The monoisotopic (exact) mass is 858 g/mol. The third-order valence-corrected chi connectivity index (χ3v) is 11.9. The summed E-state index contributed by atoms with van der Waals surface area (Å²) < 4.78 is 52.7. The number of hydrogen-bond donors (Lipinski definition) is 1. The standard InChI is InChI=1S/C45H49F3N6O6S/c1-29(24-39(55)52-21-9-10-38(52)41(56)50-27-31-11-13-32(14-12-31)40-30(2)51-28-61-40)59-22-7-5-6-8-23-60-36-19-17-34(18-20-36)54-43(58)53(42(57)44(54,3)4)35-16-15-33(26-49)37(25-35)45(46,47)48/h11-20,25,28-29,38H,5-10,21-24,27H2,1-4H3,(H,50,56)/t29-,38+/m1/s1. The van der Waals surface area contributed by atoms with E-state index in [1.165, 1.54) is 24.8 Å². The first-order valence-corrected chi connectivity index (χ1v) is 21.2. The zero-order chi connectivity index (χ0) is 43.9. The van der Waals surface area contributed by atoms with Crippen LogP contribution in [0.15, 0.2) is 72.2 Å². The molecule has 1 N–H and O–H groups in total. The largest absolute Gasteiger partial charge is 0.494 e. The summed E-state index contributed by atoms with van der Waals surface area (Å²) >= 11 is 1.60. The van der Waals surface area contributed by atoms with Gasteiger partial charge in [-0.25, -0.2) is 14.7 Å². The summed E-state index contributed by atoms with van der Waals surface area (Å²) in [5, 5.41) is 12.2. The number of benzene rings is 3. The van der Waals surface area contributed by atoms with E-state index in [1.807, 2.05) is 43.6 Å². The zero-order valence-electron chi connectivity index (χ0n) is 34.6. The number of aromatic nitrogens is 1. The minimum atomic E-state index is -4.85. The molecule has 0 saturated carbocycles. The molecule has 16 heteroatoms. The summed E-state index contributed by atoms with van der Waals surface area (Å²) in [7, 11) is 0. The number of alkyl halides is 3. The number of ether oxygens (including phenoxy) is 2. The van der Waals surface area contributed by atoms with Crippen LogP contribution in [0, 0.1) is 18.3 Å². The number of hydrogen-bond acceptors (Lipinski definition) is 9. The van der Waals surface area contributed by atoms with Crippen molar-refractivity contribution in [2.45, 2.75) is 103 Å². The molecule has 6 rings (SSSR count). The summed E-state index contributed by atoms with van der Waals surface area (Å²) in [5.74, 6) is -0.395. The Hall–Kier alpha value is -5.79. The number of thiazole rings is 1. The number of nitrogens with zero attached hydrogens (tertiary/aromatic N) is 5. The van der Waals surface area contributed by atoms with Gasteiger partial charge in [-0.1, -0.05) is 30.7 Å². The molecule has 2 aliphatic rings. The van der Waals surface area contributed by atoms with Gasteiger partial charge < -0.3 is 19.7 Å². The van der Waals surface area contributed by atoms with Crippen LogP contribution >= 0.6 is 11.3 Å². The Morgan fingerprint density at radius 3 is 2.34 bits per heavy atom. The molecule has 0 radical (unpaired) electrons. The molecule has 0 unspecified atom stereocenters. The number of aryl methyl sites for hydroxylation is 1. The van der Waals surface area contributed by atoms with Crippen LogP contribution in [0.1, 0.15) is 88.1 Å². The van der Waals surface area contributed by atoms with E-state index < -0.39 is 40.8 Å². The first-order chi connectivity index (χ1) is 29.1. The second kappa shape index (κ2) is 19.3. The fraction of sp³-hybridized carbons (Fsp3) is 0.422. The van der Waals surface area contributed by atoms with Gasteiger partial charge in [0.05, 0.1) is 58.1 Å². The van der Waals surface area contributed by atoms with Crippen LogP contribution in [0.25, 0.3) is 10.4 Å². The molecule has 2 atom stereocenters. The number of carbonyl (C=O) groups is 4. The van der Waals surface area contributed by atoms with Crippen LogP contribution < -0.4 is 19.9 Å². The minimum Gasteiger partial charge on any atom is -0.494 e. The van der Waals surface area contributed by atoms with Gasteiger partial charge >= 0.3 is 12.2 Å². The molecular formula is C45H49F3N6O6S. The molecule has 4 aromatic rings. The lowest BCUT2D eigenvalue weighted by atomic mass is 10.0. The summed E-state index contributed by atoms with van der Waals surface area (Å²) in [6.07, 6.45) is -0.171. The smallest absolute Gasteiger partial charge is 0.417 e. The van der Waals surface area contributed by atoms with Crippen molar-refractivity contribution >= 4 is 46.5 Å². The Bertz CT molecular complexity index is 2260. The van der Waals surface area contributed by atoms with Crippen LogP contribution in [-0.4, -0.2) is 71.1 Å². The van der Waals surface area contributed by atoms with E-state index in [9.17, 15) is 32.3 Å². The van der Waals surface area contributed by atoms with Crippen molar-refractivity contribution in [2.24, 2.45) is 0 Å². The van der Waals surface area contributed by atoms with Crippen LogP contribution in [0.3, 0.4) is 0 Å². The highest BCUT2D eigenvalue weighted by molar-refractivity contribution is 7.13. The number of rotatable bonds is 17. The van der Waals surface area contributed by atoms with E-state index in [-0.39, 0.29) is 30.0 Å². The zero-order valence-corrected chi connectivity index (χ0v) is 35.4. The second-order valence-corrected chi connectivity index (χ2v) is 16.6. The van der Waals surface area contributed by atoms with Crippen molar-refractivity contribution in [1.82, 2.24) is 15.2 Å². The van der Waals surface area contributed by atoms with E-state index in [0.717, 1.165) is 65.9 Å². The SMILES string of the molecule is Cc1ncsc1-c1ccc(CNC(=O)[C@@H]2CCCN2C(=O)C[C@@H](C)OCCCCCCOc2ccc(N3C(=O)N(c4ccc(C#N)c(C(F)(F)F)c4)C(=O)C3(C)C)cc2)cc1. The van der Waals surface area contributed by atoms with E-state index in [4.69, 9.17) is 14.7 Å². The molecule has 0 spiro atoms. The fourth-order valence-electron chi connectivity index (χ4n) is 7.60. The average molecular weight is 859 g/mol. The van der Waals surface area contributed by atoms with Crippen molar-refractivity contribution < 1.29 is 41.8 Å². The number of nitriles is 1. The predicted molar refractivity (Wildman–Crippen MR) is 225 cm³/mol. The third-order valence-electron chi connectivity index (χ3n) is 10.9. The Labute approximate surface area is 357 Å². The van der Waals surface area contributed by atoms with Crippen LogP contribution in [0.4, 0.5) is 29.3 Å². The maximum absolute atomic E-state index is 13.6. The molecule has 0 aliphatic carbocycles. The Morgan fingerprint density at radius 1 is 1.00 bits per heavy atom. The maximum atomic E-state index is 13.6. The molecule has 5 amide bonds. The normalized spacial score (nSPS) is 16.8. The molecular weight excluding hydrogens is 810 g/mol. The van der Waals surface area contributed by atoms with E-state index in [0.29, 0.717) is 55.1 Å². The average Bonchev–Trinajstić information content (AvgIpc) is 3.94. The Kier molecular flexibility index (Phi) is 14.1. The number of halogens is 3. The molecule has 2 aliphatic heterocycles. The van der Waals surface area contributed by atoms with Gasteiger partial charge in [0.15, 0.2) is 0 Å². The van der Waals surface area contributed by atoms with E-state index >= 15 is 0 Å². The highest BCUT2D eigenvalue weighted by atomic mass is 32.1. The number of unbranched alkanes of at least 4 members (excludes halogenated alkanes) is 3. The molecule has 12 nitrogen and oxygen atoms in total. The summed E-state index contributed by atoms with van der Waals surface area (Å²) in [4.78, 5) is 62.2. The number of carbonyl (C=O) groups excluding carboxylic acids is 4. The topological polar surface area (TPSA) is 145 Å². The molecule has 1 aromatic heterocycles. The number of anilines is 2. The van der Waals surface area contributed by atoms with E-state index in [2.05, 4.69) is 10.3 Å². The van der Waals surface area contributed by atoms with Gasteiger partial charge in [-0.05, 0) is 113 Å². The lowest BCUT2D eigenvalue weighted by Gasteiger charge is -2.27. The number of imide groups is 1. The van der Waals surface area contributed by atoms with Gasteiger partial charge in [0, 0.05) is 25.4 Å². The summed E-state index contributed by atoms with van der Waals surface area (Å²) in [6, 6.07) is 17.5. The number of urea groups is 1.